The molecule has 0 spiro atoms. The molecule has 0 fully saturated rings. The van der Waals surface area contributed by atoms with Gasteiger partial charge in [-0.1, -0.05) is 6.07 Å². The first-order valence-corrected chi connectivity index (χ1v) is 8.67. The molecule has 1 aromatic rings. The SMILES string of the molecule is CSCC[C@@H](NC(=O)Nc1c(Br)cccc1Br)C(=O)O. The highest BCUT2D eigenvalue weighted by molar-refractivity contribution is 9.11. The third-order valence-electron chi connectivity index (χ3n) is 2.42. The third kappa shape index (κ3) is 5.34. The van der Waals surface area contributed by atoms with Gasteiger partial charge in [0.2, 0.25) is 0 Å². The number of para-hydroxylation sites is 1. The summed E-state index contributed by atoms with van der Waals surface area (Å²) in [7, 11) is 0. The van der Waals surface area contributed by atoms with Gasteiger partial charge in [0.1, 0.15) is 6.04 Å². The normalized spacial score (nSPS) is 11.8. The maximum atomic E-state index is 11.9. The van der Waals surface area contributed by atoms with Gasteiger partial charge in [-0.2, -0.15) is 11.8 Å². The molecule has 3 N–H and O–H groups in total. The van der Waals surface area contributed by atoms with Crippen molar-refractivity contribution in [2.75, 3.05) is 17.3 Å². The number of hydrogen-bond donors (Lipinski definition) is 3. The highest BCUT2D eigenvalue weighted by atomic mass is 79.9. The monoisotopic (exact) mass is 424 g/mol. The standard InChI is InChI=1S/C12H14Br2N2O3S/c1-20-6-5-9(11(17)18)15-12(19)16-10-7(13)3-2-4-8(10)14/h2-4,9H,5-6H2,1H3,(H,17,18)(H2,15,16,19)/t9-/m1/s1. The number of carboxylic acids is 1. The fraction of sp³-hybridized carbons (Fsp3) is 0.333. The van der Waals surface area contributed by atoms with Crippen molar-refractivity contribution in [3.63, 3.8) is 0 Å². The minimum Gasteiger partial charge on any atom is -0.480 e. The van der Waals surface area contributed by atoms with Crippen LogP contribution in [0.4, 0.5) is 10.5 Å². The molecule has 110 valence electrons. The van der Waals surface area contributed by atoms with Gasteiger partial charge in [-0.25, -0.2) is 9.59 Å². The Bertz CT molecular complexity index is 479. The largest absolute Gasteiger partial charge is 0.480 e. The average molecular weight is 426 g/mol. The number of carbonyl (C=O) groups is 2. The molecule has 2 amide bonds. The van der Waals surface area contributed by atoms with Gasteiger partial charge in [0.05, 0.1) is 5.69 Å². The predicted octanol–water partition coefficient (Wildman–Crippen LogP) is 3.54. The second-order valence-electron chi connectivity index (χ2n) is 3.87. The van der Waals surface area contributed by atoms with Crippen LogP contribution in [0.1, 0.15) is 6.42 Å². The van der Waals surface area contributed by atoms with Crippen molar-refractivity contribution in [1.29, 1.82) is 0 Å². The van der Waals surface area contributed by atoms with E-state index in [1.54, 1.807) is 12.1 Å². The summed E-state index contributed by atoms with van der Waals surface area (Å²) in [5.74, 6) is -0.379. The molecule has 0 aromatic heterocycles. The van der Waals surface area contributed by atoms with E-state index in [1.165, 1.54) is 11.8 Å². The molecule has 20 heavy (non-hydrogen) atoms. The Kier molecular flexibility index (Phi) is 7.39. The molecule has 1 atom stereocenters. The van der Waals surface area contributed by atoms with Crippen molar-refractivity contribution in [3.8, 4) is 0 Å². The fourth-order valence-corrected chi connectivity index (χ4v) is 3.09. The van der Waals surface area contributed by atoms with Gasteiger partial charge in [0.25, 0.3) is 0 Å². The number of urea groups is 1. The average Bonchev–Trinajstić information content (AvgIpc) is 2.38. The van der Waals surface area contributed by atoms with Crippen LogP contribution in [0.5, 0.6) is 0 Å². The Morgan fingerprint density at radius 1 is 1.35 bits per heavy atom. The summed E-state index contributed by atoms with van der Waals surface area (Å²) < 4.78 is 1.41. The van der Waals surface area contributed by atoms with Gasteiger partial charge < -0.3 is 15.7 Å². The molecule has 8 heteroatoms. The number of rotatable bonds is 6. The first-order valence-electron chi connectivity index (χ1n) is 5.69. The Morgan fingerprint density at radius 2 is 1.95 bits per heavy atom. The molecular weight excluding hydrogens is 412 g/mol. The molecule has 0 saturated heterocycles. The zero-order valence-electron chi connectivity index (χ0n) is 10.7. The molecule has 0 saturated carbocycles. The van der Waals surface area contributed by atoms with Crippen molar-refractivity contribution >= 4 is 61.3 Å². The van der Waals surface area contributed by atoms with Gasteiger partial charge in [-0.3, -0.25) is 0 Å². The van der Waals surface area contributed by atoms with Crippen LogP contribution in [-0.4, -0.2) is 35.2 Å². The number of halogens is 2. The molecule has 0 unspecified atom stereocenters. The molecule has 0 aliphatic rings. The quantitative estimate of drug-likeness (QED) is 0.651. The van der Waals surface area contributed by atoms with E-state index in [0.717, 1.165) is 0 Å². The van der Waals surface area contributed by atoms with Gasteiger partial charge in [-0.05, 0) is 62.4 Å². The lowest BCUT2D eigenvalue weighted by Gasteiger charge is -2.15. The highest BCUT2D eigenvalue weighted by Crippen LogP contribution is 2.30. The first-order chi connectivity index (χ1) is 9.45. The molecule has 1 rings (SSSR count). The predicted molar refractivity (Wildman–Crippen MR) is 88.4 cm³/mol. The lowest BCUT2D eigenvalue weighted by Crippen LogP contribution is -2.43. The highest BCUT2D eigenvalue weighted by Gasteiger charge is 2.20. The van der Waals surface area contributed by atoms with Crippen LogP contribution >= 0.6 is 43.6 Å². The van der Waals surface area contributed by atoms with Crippen LogP contribution in [0.3, 0.4) is 0 Å². The number of anilines is 1. The summed E-state index contributed by atoms with van der Waals surface area (Å²) >= 11 is 8.17. The molecule has 0 aliphatic carbocycles. The van der Waals surface area contributed by atoms with Crippen molar-refractivity contribution in [1.82, 2.24) is 5.32 Å². The van der Waals surface area contributed by atoms with Crippen LogP contribution in [0.15, 0.2) is 27.1 Å². The number of hydrogen-bond acceptors (Lipinski definition) is 3. The Hall–Kier alpha value is -0.730. The maximum absolute atomic E-state index is 11.9. The molecule has 5 nitrogen and oxygen atoms in total. The fourth-order valence-electron chi connectivity index (χ4n) is 1.42. The van der Waals surface area contributed by atoms with Crippen molar-refractivity contribution < 1.29 is 14.7 Å². The first kappa shape index (κ1) is 17.3. The minimum atomic E-state index is -1.04. The summed E-state index contributed by atoms with van der Waals surface area (Å²) in [6.45, 7) is 0. The van der Waals surface area contributed by atoms with Crippen LogP contribution in [0, 0.1) is 0 Å². The number of thioether (sulfide) groups is 1. The van der Waals surface area contributed by atoms with Crippen LogP contribution in [0.25, 0.3) is 0 Å². The third-order valence-corrected chi connectivity index (χ3v) is 4.38. The second kappa shape index (κ2) is 8.53. The van der Waals surface area contributed by atoms with E-state index in [4.69, 9.17) is 5.11 Å². The smallest absolute Gasteiger partial charge is 0.326 e. The van der Waals surface area contributed by atoms with E-state index >= 15 is 0 Å². The molecule has 0 aliphatic heterocycles. The summed E-state index contributed by atoms with van der Waals surface area (Å²) in [5, 5.41) is 14.1. The number of benzene rings is 1. The summed E-state index contributed by atoms with van der Waals surface area (Å²) in [6, 6.07) is 3.93. The maximum Gasteiger partial charge on any atom is 0.326 e. The van der Waals surface area contributed by atoms with Crippen LogP contribution in [-0.2, 0) is 4.79 Å². The van der Waals surface area contributed by atoms with E-state index in [9.17, 15) is 9.59 Å². The van der Waals surface area contributed by atoms with Crippen molar-refractivity contribution in [3.05, 3.63) is 27.1 Å². The summed E-state index contributed by atoms with van der Waals surface area (Å²) in [4.78, 5) is 22.9. The Balaban J connectivity index is 2.68. The van der Waals surface area contributed by atoms with Gasteiger partial charge in [-0.15, -0.1) is 0 Å². The van der Waals surface area contributed by atoms with Crippen molar-refractivity contribution in [2.45, 2.75) is 12.5 Å². The molecule has 0 heterocycles. The topological polar surface area (TPSA) is 78.4 Å². The van der Waals surface area contributed by atoms with Gasteiger partial charge in [0.15, 0.2) is 0 Å². The molecular formula is C12H14Br2N2O3S. The van der Waals surface area contributed by atoms with E-state index in [2.05, 4.69) is 42.5 Å². The molecule has 0 bridgehead atoms. The summed E-state index contributed by atoms with van der Waals surface area (Å²) in [5.41, 5.74) is 0.555. The number of carbonyl (C=O) groups excluding carboxylic acids is 1. The lowest BCUT2D eigenvalue weighted by molar-refractivity contribution is -0.139. The van der Waals surface area contributed by atoms with Gasteiger partial charge >= 0.3 is 12.0 Å². The minimum absolute atomic E-state index is 0.376. The van der Waals surface area contributed by atoms with Crippen molar-refractivity contribution in [2.24, 2.45) is 0 Å². The number of aliphatic carboxylic acids is 1. The molecule has 1 aromatic carbocycles. The lowest BCUT2D eigenvalue weighted by atomic mass is 10.2. The number of carboxylic acid groups (broad SMARTS) is 1. The van der Waals surface area contributed by atoms with E-state index in [1.807, 2.05) is 12.3 Å². The van der Waals surface area contributed by atoms with Crippen LogP contribution in [0.2, 0.25) is 0 Å². The van der Waals surface area contributed by atoms with Gasteiger partial charge in [0, 0.05) is 8.95 Å². The summed E-state index contributed by atoms with van der Waals surface area (Å²) in [6.07, 6.45) is 2.26. The zero-order chi connectivity index (χ0) is 15.1. The zero-order valence-corrected chi connectivity index (χ0v) is 14.6. The number of amides is 2. The number of nitrogens with one attached hydrogen (secondary N) is 2. The van der Waals surface area contributed by atoms with Crippen LogP contribution < -0.4 is 10.6 Å². The van der Waals surface area contributed by atoms with E-state index < -0.39 is 18.0 Å². The Labute approximate surface area is 138 Å². The Morgan fingerprint density at radius 3 is 2.45 bits per heavy atom. The molecule has 0 radical (unpaired) electrons. The van der Waals surface area contributed by atoms with E-state index in [0.29, 0.717) is 26.8 Å². The van der Waals surface area contributed by atoms with E-state index in [-0.39, 0.29) is 0 Å². The second-order valence-corrected chi connectivity index (χ2v) is 6.56.